The molecule has 0 atom stereocenters. The maximum atomic E-state index is 11.4. The van der Waals surface area contributed by atoms with E-state index in [1.54, 1.807) is 0 Å². The molecule has 0 unspecified atom stereocenters. The van der Waals surface area contributed by atoms with E-state index >= 15 is 0 Å². The zero-order valence-corrected chi connectivity index (χ0v) is 19.7. The largest absolute Gasteiger partial charge is 0.444 e. The number of benzene rings is 1. The summed E-state index contributed by atoms with van der Waals surface area (Å²) in [6, 6.07) is 4.24. The number of alkyl carbamates (subject to hydrolysis) is 1. The molecule has 1 aromatic carbocycles. The van der Waals surface area contributed by atoms with Gasteiger partial charge in [-0.05, 0) is 106 Å². The highest BCUT2D eigenvalue weighted by molar-refractivity contribution is 14.1. The normalized spacial score (nSPS) is 11.4. The number of carbonyl (C=O) groups is 1. The third kappa shape index (κ3) is 9.60. The summed E-state index contributed by atoms with van der Waals surface area (Å²) in [6.07, 6.45) is -0.440. The molecule has 0 aliphatic rings. The lowest BCUT2D eigenvalue weighted by atomic mass is 10.2. The molecule has 0 saturated carbocycles. The average molecular weight is 659 g/mol. The lowest BCUT2D eigenvalue weighted by Crippen LogP contribution is -2.34. The average Bonchev–Trinajstić information content (AvgIpc) is 2.40. The second kappa shape index (κ2) is 10.6. The van der Waals surface area contributed by atoms with Gasteiger partial charge in [0.2, 0.25) is 0 Å². The first-order chi connectivity index (χ1) is 10.7. The van der Waals surface area contributed by atoms with Crippen molar-refractivity contribution < 1.29 is 19.0 Å². The van der Waals surface area contributed by atoms with Crippen molar-refractivity contribution in [2.45, 2.75) is 33.0 Å². The topological polar surface area (TPSA) is 56.8 Å². The van der Waals surface area contributed by atoms with Gasteiger partial charge < -0.3 is 19.5 Å². The molecule has 1 rings (SSSR count). The van der Waals surface area contributed by atoms with Gasteiger partial charge in [0.15, 0.2) is 0 Å². The number of hydrogen-bond acceptors (Lipinski definition) is 4. The van der Waals surface area contributed by atoms with Crippen molar-refractivity contribution in [2.24, 2.45) is 0 Å². The van der Waals surface area contributed by atoms with Crippen LogP contribution in [0, 0.1) is 10.7 Å². The first-order valence-corrected chi connectivity index (χ1v) is 10.2. The van der Waals surface area contributed by atoms with Crippen LogP contribution < -0.4 is 5.32 Å². The summed E-state index contributed by atoms with van der Waals surface area (Å²) >= 11 is 6.93. The van der Waals surface area contributed by atoms with Crippen LogP contribution in [0.25, 0.3) is 0 Å². The van der Waals surface area contributed by atoms with Crippen molar-refractivity contribution in [2.75, 3.05) is 19.9 Å². The predicted octanol–water partition coefficient (Wildman–Crippen LogP) is 4.52. The Kier molecular flexibility index (Phi) is 9.94. The molecular formula is C15H20I3NO4. The fourth-order valence-electron chi connectivity index (χ4n) is 1.52. The van der Waals surface area contributed by atoms with Crippen molar-refractivity contribution in [1.29, 1.82) is 0 Å². The first-order valence-electron chi connectivity index (χ1n) is 6.95. The highest BCUT2D eigenvalue weighted by atomic mass is 127. The van der Waals surface area contributed by atoms with Crippen molar-refractivity contribution in [3.63, 3.8) is 0 Å². The van der Waals surface area contributed by atoms with Crippen LogP contribution in [0.15, 0.2) is 12.1 Å². The molecule has 8 heteroatoms. The summed E-state index contributed by atoms with van der Waals surface area (Å²) in [5.74, 6) is 0. The molecule has 23 heavy (non-hydrogen) atoms. The van der Waals surface area contributed by atoms with Gasteiger partial charge in [-0.1, -0.05) is 0 Å². The van der Waals surface area contributed by atoms with E-state index in [9.17, 15) is 4.79 Å². The summed E-state index contributed by atoms with van der Waals surface area (Å²) in [5.41, 5.74) is 0.660. The summed E-state index contributed by atoms with van der Waals surface area (Å²) in [4.78, 5) is 11.4. The van der Waals surface area contributed by atoms with Gasteiger partial charge in [-0.3, -0.25) is 0 Å². The molecule has 0 aliphatic carbocycles. The number of amides is 1. The smallest absolute Gasteiger partial charge is 0.407 e. The first kappa shape index (κ1) is 21.6. The highest BCUT2D eigenvalue weighted by Crippen LogP contribution is 2.23. The van der Waals surface area contributed by atoms with Crippen molar-refractivity contribution in [1.82, 2.24) is 5.32 Å². The molecule has 0 aliphatic heterocycles. The molecule has 0 fully saturated rings. The van der Waals surface area contributed by atoms with E-state index in [4.69, 9.17) is 14.2 Å². The Bertz CT molecular complexity index is 532. The van der Waals surface area contributed by atoms with Gasteiger partial charge in [0, 0.05) is 17.3 Å². The van der Waals surface area contributed by atoms with Crippen LogP contribution in [0.5, 0.6) is 0 Å². The molecule has 0 spiro atoms. The Labute approximate surface area is 178 Å². The monoisotopic (exact) mass is 659 g/mol. The third-order valence-electron chi connectivity index (χ3n) is 2.41. The lowest BCUT2D eigenvalue weighted by molar-refractivity contribution is -0.0605. The summed E-state index contributed by atoms with van der Waals surface area (Å²) in [5, 5.41) is 2.63. The van der Waals surface area contributed by atoms with Gasteiger partial charge in [-0.25, -0.2) is 4.79 Å². The van der Waals surface area contributed by atoms with Crippen molar-refractivity contribution in [3.8, 4) is 0 Å². The zero-order chi connectivity index (χ0) is 17.5. The fourth-order valence-corrected chi connectivity index (χ4v) is 3.96. The number of rotatable bonds is 7. The maximum absolute atomic E-state index is 11.4. The number of hydrogen-bond donors (Lipinski definition) is 1. The molecule has 0 heterocycles. The molecule has 130 valence electrons. The lowest BCUT2D eigenvalue weighted by Gasteiger charge is -2.19. The minimum atomic E-state index is -0.490. The molecule has 0 radical (unpaired) electrons. The Morgan fingerprint density at radius 2 is 1.87 bits per heavy atom. The van der Waals surface area contributed by atoms with E-state index in [1.807, 2.05) is 20.8 Å². The predicted molar refractivity (Wildman–Crippen MR) is 114 cm³/mol. The van der Waals surface area contributed by atoms with E-state index < -0.39 is 11.7 Å². The van der Waals surface area contributed by atoms with Crippen LogP contribution in [-0.4, -0.2) is 31.6 Å². The molecule has 0 bridgehead atoms. The number of halogens is 3. The van der Waals surface area contributed by atoms with Crippen LogP contribution in [0.2, 0.25) is 0 Å². The molecular weight excluding hydrogens is 639 g/mol. The third-order valence-corrected chi connectivity index (χ3v) is 6.19. The van der Waals surface area contributed by atoms with E-state index in [0.29, 0.717) is 19.8 Å². The number of carbonyl (C=O) groups excluding carboxylic acids is 1. The Hall–Kier alpha value is 0.600. The zero-order valence-electron chi connectivity index (χ0n) is 13.3. The van der Waals surface area contributed by atoms with Crippen LogP contribution in [0.3, 0.4) is 0 Å². The van der Waals surface area contributed by atoms with Crippen LogP contribution in [0.1, 0.15) is 26.3 Å². The molecule has 1 N–H and O–H groups in total. The summed E-state index contributed by atoms with van der Waals surface area (Å²) < 4.78 is 19.6. The SMILES string of the molecule is CC(C)(C)OC(=O)NCCOCOCc1cc(I)cc(I)c1I. The number of ether oxygens (including phenoxy) is 3. The molecule has 1 amide bonds. The van der Waals surface area contributed by atoms with Gasteiger partial charge in [-0.2, -0.15) is 0 Å². The summed E-state index contributed by atoms with van der Waals surface area (Å²) in [6.45, 7) is 6.93. The number of nitrogens with one attached hydrogen (secondary N) is 1. The minimum absolute atomic E-state index is 0.189. The Morgan fingerprint density at radius 3 is 2.52 bits per heavy atom. The minimum Gasteiger partial charge on any atom is -0.444 e. The van der Waals surface area contributed by atoms with Crippen molar-refractivity contribution >= 4 is 73.9 Å². The fraction of sp³-hybridized carbons (Fsp3) is 0.533. The highest BCUT2D eigenvalue weighted by Gasteiger charge is 2.15. The molecule has 0 aromatic heterocycles. The quantitative estimate of drug-likeness (QED) is 0.203. The maximum Gasteiger partial charge on any atom is 0.407 e. The van der Waals surface area contributed by atoms with Crippen LogP contribution in [0.4, 0.5) is 4.79 Å². The molecule has 1 aromatic rings. The Morgan fingerprint density at radius 1 is 1.17 bits per heavy atom. The standard InChI is InChI=1S/C15H20I3NO4/c1-15(2,3)23-14(20)19-4-5-21-9-22-8-10-6-11(16)7-12(17)13(10)18/h6-7H,4-5,8-9H2,1-3H3,(H,19,20). The van der Waals surface area contributed by atoms with E-state index in [-0.39, 0.29) is 6.79 Å². The molecule has 5 nitrogen and oxygen atoms in total. The van der Waals surface area contributed by atoms with Gasteiger partial charge in [0.25, 0.3) is 0 Å². The second-order valence-electron chi connectivity index (χ2n) is 5.66. The van der Waals surface area contributed by atoms with E-state index in [0.717, 1.165) is 5.56 Å². The summed E-state index contributed by atoms with van der Waals surface area (Å²) in [7, 11) is 0. The van der Waals surface area contributed by atoms with Gasteiger partial charge in [-0.15, -0.1) is 0 Å². The van der Waals surface area contributed by atoms with E-state index in [1.165, 1.54) is 10.7 Å². The van der Waals surface area contributed by atoms with Gasteiger partial charge in [0.05, 0.1) is 13.2 Å². The molecule has 0 saturated heterocycles. The van der Waals surface area contributed by atoms with Crippen LogP contribution in [-0.2, 0) is 20.8 Å². The van der Waals surface area contributed by atoms with E-state index in [2.05, 4.69) is 85.2 Å². The van der Waals surface area contributed by atoms with Gasteiger partial charge >= 0.3 is 6.09 Å². The second-order valence-corrected chi connectivity index (χ2v) is 9.15. The van der Waals surface area contributed by atoms with Crippen LogP contribution >= 0.6 is 67.8 Å². The van der Waals surface area contributed by atoms with Crippen molar-refractivity contribution in [3.05, 3.63) is 28.4 Å². The Balaban J connectivity index is 2.16. The van der Waals surface area contributed by atoms with Gasteiger partial charge in [0.1, 0.15) is 12.4 Å².